The molecule has 0 aliphatic heterocycles. The molecule has 3 rings (SSSR count). The third-order valence-electron chi connectivity index (χ3n) is 4.80. The van der Waals surface area contributed by atoms with Gasteiger partial charge in [-0.05, 0) is 55.0 Å². The number of ether oxygens (including phenoxy) is 1. The lowest BCUT2D eigenvalue weighted by Gasteiger charge is -2.19. The fourth-order valence-electron chi connectivity index (χ4n) is 3.03. The average molecular weight is 443 g/mol. The Hall–Kier alpha value is -3.39. The highest BCUT2D eigenvalue weighted by Gasteiger charge is 2.21. The fraction of sp³-hybridized carbons (Fsp3) is 0.174. The molecular formula is C23H23FN2O4S. The molecule has 0 atom stereocenters. The zero-order valence-corrected chi connectivity index (χ0v) is 18.2. The molecule has 31 heavy (non-hydrogen) atoms. The smallest absolute Gasteiger partial charge is 0.261 e. The molecule has 3 aromatic rings. The van der Waals surface area contributed by atoms with E-state index in [1.807, 2.05) is 0 Å². The van der Waals surface area contributed by atoms with Crippen molar-refractivity contribution in [3.63, 3.8) is 0 Å². The average Bonchev–Trinajstić information content (AvgIpc) is 2.75. The first-order chi connectivity index (χ1) is 14.7. The lowest BCUT2D eigenvalue weighted by Crippen LogP contribution is -2.27. The summed E-state index contributed by atoms with van der Waals surface area (Å²) >= 11 is 0. The van der Waals surface area contributed by atoms with Crippen LogP contribution in [0.15, 0.2) is 71.6 Å². The normalized spacial score (nSPS) is 11.1. The van der Waals surface area contributed by atoms with Crippen LogP contribution in [-0.4, -0.2) is 33.4 Å². The van der Waals surface area contributed by atoms with E-state index in [9.17, 15) is 17.6 Å². The highest BCUT2D eigenvalue weighted by molar-refractivity contribution is 7.92. The van der Waals surface area contributed by atoms with Gasteiger partial charge in [0.2, 0.25) is 0 Å². The Kier molecular flexibility index (Phi) is 6.60. The molecule has 162 valence electrons. The van der Waals surface area contributed by atoms with Crippen molar-refractivity contribution in [3.8, 4) is 5.75 Å². The van der Waals surface area contributed by atoms with Crippen LogP contribution >= 0.6 is 0 Å². The van der Waals surface area contributed by atoms with Crippen LogP contribution in [0.5, 0.6) is 5.75 Å². The maximum atomic E-state index is 13.9. The minimum absolute atomic E-state index is 0.0449. The zero-order chi connectivity index (χ0) is 22.6. The van der Waals surface area contributed by atoms with Gasteiger partial charge in [-0.25, -0.2) is 12.8 Å². The van der Waals surface area contributed by atoms with Crippen molar-refractivity contribution >= 4 is 21.6 Å². The van der Waals surface area contributed by atoms with E-state index >= 15 is 0 Å². The molecule has 0 heterocycles. The van der Waals surface area contributed by atoms with Crippen LogP contribution in [0.3, 0.4) is 0 Å². The number of nitrogens with zero attached hydrogens (tertiary/aromatic N) is 1. The number of amides is 1. The van der Waals surface area contributed by atoms with Gasteiger partial charge in [-0.2, -0.15) is 0 Å². The van der Waals surface area contributed by atoms with Gasteiger partial charge in [0.25, 0.3) is 15.9 Å². The summed E-state index contributed by atoms with van der Waals surface area (Å²) in [4.78, 5) is 14.3. The summed E-state index contributed by atoms with van der Waals surface area (Å²) in [5.41, 5.74) is 1.59. The number of carbonyl (C=O) groups is 1. The Balaban J connectivity index is 1.84. The minimum atomic E-state index is -3.92. The molecular weight excluding hydrogens is 419 g/mol. The molecule has 1 amide bonds. The molecule has 8 heteroatoms. The number of nitrogens with one attached hydrogen (secondary N) is 1. The summed E-state index contributed by atoms with van der Waals surface area (Å²) in [6, 6.07) is 17.0. The lowest BCUT2D eigenvalue weighted by molar-refractivity contribution is 0.0783. The number of aryl methyl sites for hydroxylation is 1. The van der Waals surface area contributed by atoms with E-state index in [1.165, 1.54) is 30.2 Å². The first-order valence-corrected chi connectivity index (χ1v) is 11.0. The molecule has 0 radical (unpaired) electrons. The number of hydrogen-bond acceptors (Lipinski definition) is 4. The van der Waals surface area contributed by atoms with Crippen molar-refractivity contribution in [1.82, 2.24) is 4.90 Å². The second kappa shape index (κ2) is 9.18. The van der Waals surface area contributed by atoms with Crippen LogP contribution in [0.2, 0.25) is 0 Å². The number of rotatable bonds is 7. The Bertz CT molecular complexity index is 1190. The Labute approximate surface area is 181 Å². The van der Waals surface area contributed by atoms with Crippen molar-refractivity contribution in [3.05, 3.63) is 89.2 Å². The van der Waals surface area contributed by atoms with E-state index in [2.05, 4.69) is 4.72 Å². The van der Waals surface area contributed by atoms with E-state index in [4.69, 9.17) is 4.74 Å². The molecule has 0 bridgehead atoms. The molecule has 0 spiro atoms. The van der Waals surface area contributed by atoms with Gasteiger partial charge in [-0.3, -0.25) is 9.52 Å². The molecule has 0 aliphatic carbocycles. The SMILES string of the molecule is COc1ccc(NS(=O)(=O)c2ccc(C)c(C(=O)N(C)Cc3ccccc3F)c2)cc1. The Morgan fingerprint density at radius 3 is 2.39 bits per heavy atom. The quantitative estimate of drug-likeness (QED) is 0.595. The summed E-state index contributed by atoms with van der Waals surface area (Å²) in [5, 5.41) is 0. The first-order valence-electron chi connectivity index (χ1n) is 9.47. The number of halogens is 1. The highest BCUT2D eigenvalue weighted by Crippen LogP contribution is 2.22. The number of sulfonamides is 1. The molecule has 1 N–H and O–H groups in total. The summed E-state index contributed by atoms with van der Waals surface area (Å²) < 4.78 is 47.2. The summed E-state index contributed by atoms with van der Waals surface area (Å²) in [6.07, 6.45) is 0. The number of anilines is 1. The van der Waals surface area contributed by atoms with Gasteiger partial charge in [0.15, 0.2) is 0 Å². The lowest BCUT2D eigenvalue weighted by atomic mass is 10.1. The number of hydrogen-bond donors (Lipinski definition) is 1. The van der Waals surface area contributed by atoms with Gasteiger partial charge in [0.1, 0.15) is 11.6 Å². The van der Waals surface area contributed by atoms with E-state index in [0.29, 0.717) is 22.6 Å². The van der Waals surface area contributed by atoms with Gasteiger partial charge in [-0.1, -0.05) is 24.3 Å². The van der Waals surface area contributed by atoms with Crippen molar-refractivity contribution < 1.29 is 22.3 Å². The predicted molar refractivity (Wildman–Crippen MR) is 117 cm³/mol. The highest BCUT2D eigenvalue weighted by atomic mass is 32.2. The van der Waals surface area contributed by atoms with Gasteiger partial charge < -0.3 is 9.64 Å². The molecule has 3 aromatic carbocycles. The topological polar surface area (TPSA) is 75.7 Å². The molecule has 0 aromatic heterocycles. The summed E-state index contributed by atoms with van der Waals surface area (Å²) in [6.45, 7) is 1.78. The van der Waals surface area contributed by atoms with E-state index in [0.717, 1.165) is 0 Å². The van der Waals surface area contributed by atoms with Gasteiger partial charge in [-0.15, -0.1) is 0 Å². The van der Waals surface area contributed by atoms with Crippen molar-refractivity contribution in [2.45, 2.75) is 18.4 Å². The molecule has 0 saturated carbocycles. The summed E-state index contributed by atoms with van der Waals surface area (Å²) in [5.74, 6) is -0.204. The van der Waals surface area contributed by atoms with Crippen molar-refractivity contribution in [2.75, 3.05) is 18.9 Å². The zero-order valence-electron chi connectivity index (χ0n) is 17.4. The van der Waals surface area contributed by atoms with E-state index < -0.39 is 21.7 Å². The second-order valence-electron chi connectivity index (χ2n) is 7.06. The van der Waals surface area contributed by atoms with Gasteiger partial charge in [0, 0.05) is 30.4 Å². The fourth-order valence-corrected chi connectivity index (χ4v) is 4.12. The number of benzene rings is 3. The van der Waals surface area contributed by atoms with Gasteiger partial charge in [0.05, 0.1) is 12.0 Å². The molecule has 0 aliphatic rings. The molecule has 0 fully saturated rings. The maximum absolute atomic E-state index is 13.9. The molecule has 0 unspecified atom stereocenters. The van der Waals surface area contributed by atoms with Gasteiger partial charge >= 0.3 is 0 Å². The van der Waals surface area contributed by atoms with Crippen LogP contribution in [0, 0.1) is 12.7 Å². The number of methoxy groups -OCH3 is 1. The van der Waals surface area contributed by atoms with Crippen LogP contribution in [0.25, 0.3) is 0 Å². The predicted octanol–water partition coefficient (Wildman–Crippen LogP) is 4.22. The van der Waals surface area contributed by atoms with Crippen LogP contribution in [0.1, 0.15) is 21.5 Å². The Morgan fingerprint density at radius 1 is 1.06 bits per heavy atom. The summed E-state index contributed by atoms with van der Waals surface area (Å²) in [7, 11) is -0.851. The van der Waals surface area contributed by atoms with Crippen molar-refractivity contribution in [1.29, 1.82) is 0 Å². The van der Waals surface area contributed by atoms with Crippen LogP contribution in [0.4, 0.5) is 10.1 Å². The van der Waals surface area contributed by atoms with Crippen LogP contribution in [-0.2, 0) is 16.6 Å². The second-order valence-corrected chi connectivity index (χ2v) is 8.75. The maximum Gasteiger partial charge on any atom is 0.261 e. The molecule has 6 nitrogen and oxygen atoms in total. The Morgan fingerprint density at radius 2 is 1.74 bits per heavy atom. The largest absolute Gasteiger partial charge is 0.497 e. The van der Waals surface area contributed by atoms with E-state index in [-0.39, 0.29) is 17.0 Å². The van der Waals surface area contributed by atoms with Crippen molar-refractivity contribution in [2.24, 2.45) is 0 Å². The monoisotopic (exact) mass is 442 g/mol. The standard InChI is InChI=1S/C23H23FN2O4S/c1-16-8-13-20(31(28,29)25-18-9-11-19(30-3)12-10-18)14-21(16)23(27)26(2)15-17-6-4-5-7-22(17)24/h4-14,25H,15H2,1-3H3. The first kappa shape index (κ1) is 22.3. The van der Waals surface area contributed by atoms with Crippen LogP contribution < -0.4 is 9.46 Å². The third-order valence-corrected chi connectivity index (χ3v) is 6.18. The molecule has 0 saturated heterocycles. The minimum Gasteiger partial charge on any atom is -0.497 e. The van der Waals surface area contributed by atoms with E-state index in [1.54, 1.807) is 62.5 Å². The number of carbonyl (C=O) groups excluding carboxylic acids is 1. The third kappa shape index (κ3) is 5.21.